The monoisotopic (exact) mass is 334 g/mol. The van der Waals surface area contributed by atoms with Crippen LogP contribution in [-0.4, -0.2) is 18.0 Å². The normalized spacial score (nSPS) is 10.2. The number of ether oxygens (including phenoxy) is 2. The second-order valence-electron chi connectivity index (χ2n) is 5.41. The summed E-state index contributed by atoms with van der Waals surface area (Å²) in [6, 6.07) is 18.2. The molecular weight excluding hydrogens is 316 g/mol. The first-order valence-electron chi connectivity index (χ1n) is 7.81. The molecule has 0 atom stereocenters. The van der Waals surface area contributed by atoms with E-state index in [0.29, 0.717) is 28.6 Å². The van der Waals surface area contributed by atoms with Crippen molar-refractivity contribution in [2.75, 3.05) is 12.4 Å². The van der Waals surface area contributed by atoms with Crippen molar-refractivity contribution in [1.29, 1.82) is 0 Å². The van der Waals surface area contributed by atoms with E-state index in [-0.39, 0.29) is 5.91 Å². The Labute approximate surface area is 146 Å². The number of methoxy groups -OCH3 is 1. The molecular formula is C20H18N2O3. The molecule has 25 heavy (non-hydrogen) atoms. The standard InChI is InChI=1S/C20H18N2O3/c1-14-7-3-4-8-16(14)20(23)22-15-11-12-19(21-13-15)25-18-10-6-5-9-17(18)24-2/h3-13H,1-2H3,(H,22,23). The predicted octanol–water partition coefficient (Wildman–Crippen LogP) is 4.44. The van der Waals surface area contributed by atoms with E-state index in [4.69, 9.17) is 9.47 Å². The number of hydrogen-bond donors (Lipinski definition) is 1. The minimum Gasteiger partial charge on any atom is -0.493 e. The van der Waals surface area contributed by atoms with Crippen molar-refractivity contribution in [1.82, 2.24) is 4.98 Å². The Balaban J connectivity index is 1.70. The van der Waals surface area contributed by atoms with Gasteiger partial charge in [-0.3, -0.25) is 4.79 Å². The summed E-state index contributed by atoms with van der Waals surface area (Å²) < 4.78 is 11.0. The van der Waals surface area contributed by atoms with Gasteiger partial charge in [0.2, 0.25) is 5.88 Å². The Morgan fingerprint density at radius 2 is 1.68 bits per heavy atom. The van der Waals surface area contributed by atoms with Crippen molar-refractivity contribution >= 4 is 11.6 Å². The second kappa shape index (κ2) is 7.49. The minimum absolute atomic E-state index is 0.168. The Kier molecular flexibility index (Phi) is 4.95. The zero-order valence-corrected chi connectivity index (χ0v) is 14.0. The molecule has 0 bridgehead atoms. The van der Waals surface area contributed by atoms with E-state index in [1.54, 1.807) is 37.6 Å². The number of anilines is 1. The van der Waals surface area contributed by atoms with Crippen LogP contribution < -0.4 is 14.8 Å². The summed E-state index contributed by atoms with van der Waals surface area (Å²) in [4.78, 5) is 16.5. The number of pyridine rings is 1. The molecule has 0 fully saturated rings. The van der Waals surface area contributed by atoms with Crippen LogP contribution >= 0.6 is 0 Å². The lowest BCUT2D eigenvalue weighted by Gasteiger charge is -2.10. The summed E-state index contributed by atoms with van der Waals surface area (Å²) >= 11 is 0. The number of benzene rings is 2. The number of nitrogens with zero attached hydrogens (tertiary/aromatic N) is 1. The average Bonchev–Trinajstić information content (AvgIpc) is 2.64. The highest BCUT2D eigenvalue weighted by atomic mass is 16.5. The van der Waals surface area contributed by atoms with E-state index >= 15 is 0 Å². The quantitative estimate of drug-likeness (QED) is 0.749. The van der Waals surface area contributed by atoms with Crippen LogP contribution in [0.5, 0.6) is 17.4 Å². The summed E-state index contributed by atoms with van der Waals surface area (Å²) in [5.41, 5.74) is 2.15. The second-order valence-corrected chi connectivity index (χ2v) is 5.41. The lowest BCUT2D eigenvalue weighted by Crippen LogP contribution is -2.13. The molecule has 1 amide bonds. The van der Waals surface area contributed by atoms with Gasteiger partial charge in [0.05, 0.1) is 19.0 Å². The third kappa shape index (κ3) is 3.95. The highest BCUT2D eigenvalue weighted by Crippen LogP contribution is 2.30. The maximum absolute atomic E-state index is 12.3. The van der Waals surface area contributed by atoms with Crippen LogP contribution in [0.3, 0.4) is 0 Å². The third-order valence-corrected chi connectivity index (χ3v) is 3.67. The lowest BCUT2D eigenvalue weighted by molar-refractivity contribution is 0.102. The van der Waals surface area contributed by atoms with Crippen LogP contribution in [-0.2, 0) is 0 Å². The van der Waals surface area contributed by atoms with Crippen molar-refractivity contribution in [3.05, 3.63) is 78.0 Å². The molecule has 3 aromatic rings. The van der Waals surface area contributed by atoms with Crippen LogP contribution in [0.1, 0.15) is 15.9 Å². The first kappa shape index (κ1) is 16.5. The Morgan fingerprint density at radius 1 is 0.960 bits per heavy atom. The van der Waals surface area contributed by atoms with Crippen LogP contribution in [0.4, 0.5) is 5.69 Å². The number of carbonyl (C=O) groups excluding carboxylic acids is 1. The molecule has 0 aliphatic carbocycles. The smallest absolute Gasteiger partial charge is 0.255 e. The first-order chi connectivity index (χ1) is 12.2. The van der Waals surface area contributed by atoms with Gasteiger partial charge >= 0.3 is 0 Å². The number of carbonyl (C=O) groups is 1. The molecule has 2 aromatic carbocycles. The fraction of sp³-hybridized carbons (Fsp3) is 0.100. The Morgan fingerprint density at radius 3 is 2.36 bits per heavy atom. The molecule has 0 aliphatic heterocycles. The number of aromatic nitrogens is 1. The summed E-state index contributed by atoms with van der Waals surface area (Å²) in [6.07, 6.45) is 1.56. The maximum atomic E-state index is 12.3. The molecule has 0 saturated carbocycles. The van der Waals surface area contributed by atoms with Gasteiger partial charge in [-0.25, -0.2) is 4.98 Å². The van der Waals surface area contributed by atoms with E-state index < -0.39 is 0 Å². The maximum Gasteiger partial charge on any atom is 0.255 e. The molecule has 0 saturated heterocycles. The fourth-order valence-electron chi connectivity index (χ4n) is 2.36. The largest absolute Gasteiger partial charge is 0.493 e. The van der Waals surface area contributed by atoms with Crippen molar-refractivity contribution in [2.45, 2.75) is 6.92 Å². The van der Waals surface area contributed by atoms with Crippen LogP contribution in [0.2, 0.25) is 0 Å². The molecule has 5 nitrogen and oxygen atoms in total. The summed E-state index contributed by atoms with van der Waals surface area (Å²) in [5.74, 6) is 1.45. The molecule has 5 heteroatoms. The third-order valence-electron chi connectivity index (χ3n) is 3.67. The lowest BCUT2D eigenvalue weighted by atomic mass is 10.1. The van der Waals surface area contributed by atoms with Crippen LogP contribution in [0.25, 0.3) is 0 Å². The van der Waals surface area contributed by atoms with Crippen molar-refractivity contribution in [3.8, 4) is 17.4 Å². The van der Waals surface area contributed by atoms with Gasteiger partial charge < -0.3 is 14.8 Å². The van der Waals surface area contributed by atoms with Gasteiger partial charge in [0.1, 0.15) is 0 Å². The van der Waals surface area contributed by atoms with E-state index in [0.717, 1.165) is 5.56 Å². The van der Waals surface area contributed by atoms with Crippen LogP contribution in [0.15, 0.2) is 66.9 Å². The summed E-state index contributed by atoms with van der Waals surface area (Å²) in [6.45, 7) is 1.90. The highest BCUT2D eigenvalue weighted by molar-refractivity contribution is 6.05. The number of hydrogen-bond acceptors (Lipinski definition) is 4. The van der Waals surface area contributed by atoms with Gasteiger partial charge in [-0.1, -0.05) is 30.3 Å². The van der Waals surface area contributed by atoms with Gasteiger partial charge in [0, 0.05) is 11.6 Å². The molecule has 0 spiro atoms. The average molecular weight is 334 g/mol. The fourth-order valence-corrected chi connectivity index (χ4v) is 2.36. The van der Waals surface area contributed by atoms with E-state index in [1.807, 2.05) is 43.3 Å². The Hall–Kier alpha value is -3.34. The van der Waals surface area contributed by atoms with E-state index in [2.05, 4.69) is 10.3 Å². The SMILES string of the molecule is COc1ccccc1Oc1ccc(NC(=O)c2ccccc2C)cn1. The minimum atomic E-state index is -0.168. The predicted molar refractivity (Wildman–Crippen MR) is 96.4 cm³/mol. The molecule has 126 valence electrons. The number of nitrogens with one attached hydrogen (secondary N) is 1. The van der Waals surface area contributed by atoms with Crippen molar-refractivity contribution in [3.63, 3.8) is 0 Å². The van der Waals surface area contributed by atoms with Gasteiger partial charge in [-0.2, -0.15) is 0 Å². The number of para-hydroxylation sites is 2. The number of amides is 1. The molecule has 0 radical (unpaired) electrons. The van der Waals surface area contributed by atoms with Gasteiger partial charge in [0.25, 0.3) is 5.91 Å². The highest BCUT2D eigenvalue weighted by Gasteiger charge is 2.09. The zero-order valence-electron chi connectivity index (χ0n) is 14.0. The Bertz CT molecular complexity index is 876. The molecule has 1 heterocycles. The molecule has 0 unspecified atom stereocenters. The van der Waals surface area contributed by atoms with Crippen molar-refractivity contribution in [2.24, 2.45) is 0 Å². The van der Waals surface area contributed by atoms with Crippen LogP contribution in [0, 0.1) is 6.92 Å². The van der Waals surface area contributed by atoms with E-state index in [1.165, 1.54) is 0 Å². The number of aryl methyl sites for hydroxylation is 1. The van der Waals surface area contributed by atoms with E-state index in [9.17, 15) is 4.79 Å². The van der Waals surface area contributed by atoms with Crippen molar-refractivity contribution < 1.29 is 14.3 Å². The zero-order chi connectivity index (χ0) is 17.6. The molecule has 1 N–H and O–H groups in total. The summed E-state index contributed by atoms with van der Waals surface area (Å²) in [5, 5.41) is 2.83. The van der Waals surface area contributed by atoms with Gasteiger partial charge in [0.15, 0.2) is 11.5 Å². The number of rotatable bonds is 5. The summed E-state index contributed by atoms with van der Waals surface area (Å²) in [7, 11) is 1.58. The topological polar surface area (TPSA) is 60.5 Å². The molecule has 3 rings (SSSR count). The van der Waals surface area contributed by atoms with Gasteiger partial charge in [-0.05, 0) is 36.8 Å². The van der Waals surface area contributed by atoms with Gasteiger partial charge in [-0.15, -0.1) is 0 Å². The first-order valence-corrected chi connectivity index (χ1v) is 7.81. The molecule has 1 aromatic heterocycles. The molecule has 0 aliphatic rings.